The van der Waals surface area contributed by atoms with Gasteiger partial charge < -0.3 is 10.6 Å². The second-order valence-electron chi connectivity index (χ2n) is 2.60. The minimum Gasteiger partial charge on any atom is -0.315 e. The molecule has 0 fully saturated rings. The van der Waals surface area contributed by atoms with Crippen molar-refractivity contribution in [1.29, 1.82) is 0 Å². The molecule has 0 aliphatic heterocycles. The van der Waals surface area contributed by atoms with Crippen LogP contribution in [0, 0.1) is 0 Å². The van der Waals surface area contributed by atoms with Crippen LogP contribution in [0.3, 0.4) is 0 Å². The van der Waals surface area contributed by atoms with Crippen LogP contribution >= 0.6 is 0 Å². The Morgan fingerprint density at radius 3 is 2.55 bits per heavy atom. The van der Waals surface area contributed by atoms with Crippen molar-refractivity contribution in [3.63, 3.8) is 0 Å². The van der Waals surface area contributed by atoms with E-state index >= 15 is 0 Å². The van der Waals surface area contributed by atoms with E-state index in [9.17, 15) is 0 Å². The molecule has 0 aliphatic rings. The largest absolute Gasteiger partial charge is 0.315 e. The van der Waals surface area contributed by atoms with Crippen LogP contribution in [0.25, 0.3) is 0 Å². The van der Waals surface area contributed by atoms with Crippen molar-refractivity contribution in [2.24, 2.45) is 0 Å². The van der Waals surface area contributed by atoms with Gasteiger partial charge in [-0.15, -0.1) is 6.58 Å². The predicted octanol–water partition coefficient (Wildman–Crippen LogP) is 1.15. The van der Waals surface area contributed by atoms with Gasteiger partial charge in [0.25, 0.3) is 0 Å². The molecule has 0 aromatic heterocycles. The summed E-state index contributed by atoms with van der Waals surface area (Å²) in [6.45, 7) is 9.99. The molecule has 0 atom stereocenters. The molecule has 2 heteroatoms. The summed E-state index contributed by atoms with van der Waals surface area (Å²) < 4.78 is 0. The lowest BCUT2D eigenvalue weighted by Crippen LogP contribution is -2.27. The fourth-order valence-electron chi connectivity index (χ4n) is 0.808. The summed E-state index contributed by atoms with van der Waals surface area (Å²) in [4.78, 5) is 0. The molecule has 0 spiro atoms. The van der Waals surface area contributed by atoms with Crippen LogP contribution in [-0.2, 0) is 0 Å². The van der Waals surface area contributed by atoms with Crippen LogP contribution in [0.15, 0.2) is 12.7 Å². The molecule has 66 valence electrons. The highest BCUT2D eigenvalue weighted by atomic mass is 14.9. The van der Waals surface area contributed by atoms with Crippen molar-refractivity contribution in [3.8, 4) is 0 Å². The zero-order valence-corrected chi connectivity index (χ0v) is 7.53. The Morgan fingerprint density at radius 2 is 1.91 bits per heavy atom. The molecular formula is C9H20N2. The summed E-state index contributed by atoms with van der Waals surface area (Å²) in [5.41, 5.74) is 0. The number of unbranched alkanes of at least 4 members (excludes halogenated alkanes) is 1. The van der Waals surface area contributed by atoms with E-state index in [0.29, 0.717) is 0 Å². The average molecular weight is 156 g/mol. The Morgan fingerprint density at radius 1 is 1.18 bits per heavy atom. The maximum absolute atomic E-state index is 3.63. The van der Waals surface area contributed by atoms with E-state index in [2.05, 4.69) is 24.1 Å². The number of nitrogens with one attached hydrogen (secondary N) is 2. The van der Waals surface area contributed by atoms with Crippen LogP contribution in [0.1, 0.15) is 19.8 Å². The smallest absolute Gasteiger partial charge is 0.0132 e. The SMILES string of the molecule is C=CCNCCNCCCC. The van der Waals surface area contributed by atoms with Gasteiger partial charge in [0, 0.05) is 19.6 Å². The summed E-state index contributed by atoms with van der Waals surface area (Å²) >= 11 is 0. The first-order valence-corrected chi connectivity index (χ1v) is 4.44. The lowest BCUT2D eigenvalue weighted by molar-refractivity contribution is 0.609. The average Bonchev–Trinajstić information content (AvgIpc) is 2.03. The van der Waals surface area contributed by atoms with Gasteiger partial charge in [0.2, 0.25) is 0 Å². The van der Waals surface area contributed by atoms with Crippen molar-refractivity contribution in [2.45, 2.75) is 19.8 Å². The first-order valence-electron chi connectivity index (χ1n) is 4.44. The highest BCUT2D eigenvalue weighted by Crippen LogP contribution is 1.80. The van der Waals surface area contributed by atoms with Crippen molar-refractivity contribution < 1.29 is 0 Å². The third kappa shape index (κ3) is 9.66. The van der Waals surface area contributed by atoms with E-state index < -0.39 is 0 Å². The number of rotatable bonds is 8. The molecule has 0 unspecified atom stereocenters. The zero-order chi connectivity index (χ0) is 8.36. The van der Waals surface area contributed by atoms with E-state index in [1.807, 2.05) is 6.08 Å². The van der Waals surface area contributed by atoms with Gasteiger partial charge in [-0.05, 0) is 13.0 Å². The summed E-state index contributed by atoms with van der Waals surface area (Å²) in [5.74, 6) is 0. The topological polar surface area (TPSA) is 24.1 Å². The van der Waals surface area contributed by atoms with Crippen molar-refractivity contribution in [3.05, 3.63) is 12.7 Å². The van der Waals surface area contributed by atoms with Crippen molar-refractivity contribution in [2.75, 3.05) is 26.2 Å². The quantitative estimate of drug-likeness (QED) is 0.407. The second kappa shape index (κ2) is 9.66. The highest BCUT2D eigenvalue weighted by Gasteiger charge is 1.84. The van der Waals surface area contributed by atoms with Crippen molar-refractivity contribution >= 4 is 0 Å². The van der Waals surface area contributed by atoms with Gasteiger partial charge in [0.05, 0.1) is 0 Å². The molecule has 0 amide bonds. The van der Waals surface area contributed by atoms with Gasteiger partial charge in [-0.25, -0.2) is 0 Å². The maximum Gasteiger partial charge on any atom is 0.0132 e. The van der Waals surface area contributed by atoms with Gasteiger partial charge in [-0.3, -0.25) is 0 Å². The number of hydrogen-bond donors (Lipinski definition) is 2. The molecule has 0 rings (SSSR count). The molecule has 11 heavy (non-hydrogen) atoms. The third-order valence-electron chi connectivity index (χ3n) is 1.47. The predicted molar refractivity (Wildman–Crippen MR) is 50.8 cm³/mol. The third-order valence-corrected chi connectivity index (χ3v) is 1.47. The normalized spacial score (nSPS) is 9.91. The Bertz CT molecular complexity index is 81.6. The molecular weight excluding hydrogens is 136 g/mol. The molecule has 0 aliphatic carbocycles. The molecule has 0 radical (unpaired) electrons. The highest BCUT2D eigenvalue weighted by molar-refractivity contribution is 4.69. The van der Waals surface area contributed by atoms with Gasteiger partial charge >= 0.3 is 0 Å². The first-order chi connectivity index (χ1) is 5.41. The molecule has 0 heterocycles. The standard InChI is InChI=1S/C9H20N2/c1-3-5-7-11-9-8-10-6-4-2/h4,10-11H,2-3,5-9H2,1H3. The van der Waals surface area contributed by atoms with Crippen molar-refractivity contribution in [1.82, 2.24) is 10.6 Å². The van der Waals surface area contributed by atoms with E-state index in [4.69, 9.17) is 0 Å². The van der Waals surface area contributed by atoms with Crippen LogP contribution in [0.2, 0.25) is 0 Å². The first kappa shape index (κ1) is 10.7. The zero-order valence-electron chi connectivity index (χ0n) is 7.53. The Balaban J connectivity index is 2.74. The molecule has 0 aromatic rings. The molecule has 0 bridgehead atoms. The summed E-state index contributed by atoms with van der Waals surface area (Å²) in [7, 11) is 0. The Hall–Kier alpha value is -0.340. The molecule has 0 aromatic carbocycles. The summed E-state index contributed by atoms with van der Waals surface area (Å²) in [6, 6.07) is 0. The fraction of sp³-hybridized carbons (Fsp3) is 0.778. The van der Waals surface area contributed by atoms with Gasteiger partial charge in [0.15, 0.2) is 0 Å². The summed E-state index contributed by atoms with van der Waals surface area (Å²) in [5, 5.41) is 6.58. The lowest BCUT2D eigenvalue weighted by Gasteiger charge is -2.03. The van der Waals surface area contributed by atoms with Crippen LogP contribution in [0.4, 0.5) is 0 Å². The van der Waals surface area contributed by atoms with Crippen LogP contribution in [0.5, 0.6) is 0 Å². The van der Waals surface area contributed by atoms with Gasteiger partial charge in [0.1, 0.15) is 0 Å². The van der Waals surface area contributed by atoms with E-state index in [0.717, 1.165) is 26.2 Å². The molecule has 2 nitrogen and oxygen atoms in total. The van der Waals surface area contributed by atoms with Crippen LogP contribution in [-0.4, -0.2) is 26.2 Å². The Kier molecular flexibility index (Phi) is 9.36. The van der Waals surface area contributed by atoms with Gasteiger partial charge in [-0.1, -0.05) is 19.4 Å². The fourth-order valence-corrected chi connectivity index (χ4v) is 0.808. The molecule has 2 N–H and O–H groups in total. The minimum absolute atomic E-state index is 0.912. The number of hydrogen-bond acceptors (Lipinski definition) is 2. The Labute approximate surface area is 70.1 Å². The van der Waals surface area contributed by atoms with Crippen LogP contribution < -0.4 is 10.6 Å². The second-order valence-corrected chi connectivity index (χ2v) is 2.60. The minimum atomic E-state index is 0.912. The van der Waals surface area contributed by atoms with E-state index in [1.54, 1.807) is 0 Å². The monoisotopic (exact) mass is 156 g/mol. The van der Waals surface area contributed by atoms with E-state index in [1.165, 1.54) is 12.8 Å². The maximum atomic E-state index is 3.63. The lowest BCUT2D eigenvalue weighted by atomic mass is 10.3. The molecule has 0 saturated carbocycles. The van der Waals surface area contributed by atoms with Gasteiger partial charge in [-0.2, -0.15) is 0 Å². The van der Waals surface area contributed by atoms with E-state index in [-0.39, 0.29) is 0 Å². The molecule has 0 saturated heterocycles. The summed E-state index contributed by atoms with van der Waals surface area (Å²) in [6.07, 6.45) is 4.43.